The molecule has 0 fully saturated rings. The summed E-state index contributed by atoms with van der Waals surface area (Å²) >= 11 is 12.1. The number of benzene rings is 1. The number of thiophene rings is 1. The number of ether oxygens (including phenoxy) is 1. The Labute approximate surface area is 148 Å². The second kappa shape index (κ2) is 7.42. The van der Waals surface area contributed by atoms with E-state index < -0.39 is 35.2 Å². The largest absolute Gasteiger partial charge is 0.451 e. The number of carbonyl (C=O) groups excluding carboxylic acids is 2. The predicted octanol–water partition coefficient (Wildman–Crippen LogP) is 4.87. The van der Waals surface area contributed by atoms with Crippen LogP contribution in [0.5, 0.6) is 0 Å². The van der Waals surface area contributed by atoms with Gasteiger partial charge in [0.1, 0.15) is 4.88 Å². The normalized spacial score (nSPS) is 11.2. The van der Waals surface area contributed by atoms with Gasteiger partial charge in [-0.25, -0.2) is 4.79 Å². The van der Waals surface area contributed by atoms with E-state index in [1.165, 1.54) is 18.2 Å². The summed E-state index contributed by atoms with van der Waals surface area (Å²) in [7, 11) is 0. The maximum atomic E-state index is 12.7. The Kier molecular flexibility index (Phi) is 5.74. The summed E-state index contributed by atoms with van der Waals surface area (Å²) in [6.45, 7) is -0.654. The molecule has 1 N–H and O–H groups in total. The van der Waals surface area contributed by atoms with Crippen molar-refractivity contribution in [1.82, 2.24) is 0 Å². The molecule has 0 bridgehead atoms. The third-order valence-corrected chi connectivity index (χ3v) is 4.21. The molecule has 0 aliphatic carbocycles. The fraction of sp³-hybridized carbons (Fsp3) is 0.143. The van der Waals surface area contributed by atoms with Crippen LogP contribution < -0.4 is 5.32 Å². The SMILES string of the molecule is O=C(COC(=O)c1ccc(Cl)s1)Nc1ccc(Cl)c(C(F)(F)F)c1. The first kappa shape index (κ1) is 18.6. The lowest BCUT2D eigenvalue weighted by molar-refractivity contribution is -0.137. The molecule has 24 heavy (non-hydrogen) atoms. The first-order valence-electron chi connectivity index (χ1n) is 6.26. The summed E-state index contributed by atoms with van der Waals surface area (Å²) in [4.78, 5) is 23.5. The molecule has 2 rings (SSSR count). The van der Waals surface area contributed by atoms with E-state index in [1.54, 1.807) is 0 Å². The number of amides is 1. The van der Waals surface area contributed by atoms with Crippen LogP contribution in [-0.2, 0) is 15.7 Å². The third kappa shape index (κ3) is 4.86. The van der Waals surface area contributed by atoms with Crippen molar-refractivity contribution in [3.8, 4) is 0 Å². The minimum atomic E-state index is -4.65. The lowest BCUT2D eigenvalue weighted by Crippen LogP contribution is -2.21. The van der Waals surface area contributed by atoms with Crippen LogP contribution in [0.15, 0.2) is 30.3 Å². The molecule has 0 saturated heterocycles. The number of esters is 1. The Bertz CT molecular complexity index is 777. The third-order valence-electron chi connectivity index (χ3n) is 2.66. The average Bonchev–Trinajstić information content (AvgIpc) is 2.92. The van der Waals surface area contributed by atoms with Crippen molar-refractivity contribution in [2.24, 2.45) is 0 Å². The Hall–Kier alpha value is -1.77. The van der Waals surface area contributed by atoms with Crippen molar-refractivity contribution in [3.63, 3.8) is 0 Å². The highest BCUT2D eigenvalue weighted by Crippen LogP contribution is 2.36. The summed E-state index contributed by atoms with van der Waals surface area (Å²) in [5.41, 5.74) is -1.20. The summed E-state index contributed by atoms with van der Waals surface area (Å²) in [5, 5.41) is 1.71. The lowest BCUT2D eigenvalue weighted by Gasteiger charge is -2.11. The van der Waals surface area contributed by atoms with Crippen LogP contribution in [0.25, 0.3) is 0 Å². The van der Waals surface area contributed by atoms with E-state index in [9.17, 15) is 22.8 Å². The minimum absolute atomic E-state index is 0.119. The summed E-state index contributed by atoms with van der Waals surface area (Å²) < 4.78 is 43.3. The Morgan fingerprint density at radius 2 is 1.88 bits per heavy atom. The van der Waals surface area contributed by atoms with Crippen LogP contribution in [0.2, 0.25) is 9.36 Å². The molecule has 0 aliphatic rings. The molecule has 2 aromatic rings. The van der Waals surface area contributed by atoms with Crippen LogP contribution in [0.4, 0.5) is 18.9 Å². The molecule has 0 atom stereocenters. The van der Waals surface area contributed by atoms with E-state index in [0.717, 1.165) is 17.4 Å². The van der Waals surface area contributed by atoms with Gasteiger partial charge < -0.3 is 10.1 Å². The smallest absolute Gasteiger partial charge is 0.417 e. The van der Waals surface area contributed by atoms with Gasteiger partial charge in [-0.05, 0) is 30.3 Å². The van der Waals surface area contributed by atoms with E-state index in [2.05, 4.69) is 5.32 Å². The van der Waals surface area contributed by atoms with E-state index in [4.69, 9.17) is 27.9 Å². The van der Waals surface area contributed by atoms with Gasteiger partial charge in [-0.2, -0.15) is 13.2 Å². The maximum Gasteiger partial charge on any atom is 0.417 e. The number of nitrogens with one attached hydrogen (secondary N) is 1. The van der Waals surface area contributed by atoms with E-state index in [-0.39, 0.29) is 10.6 Å². The fourth-order valence-corrected chi connectivity index (χ4v) is 2.81. The zero-order chi connectivity index (χ0) is 17.9. The lowest BCUT2D eigenvalue weighted by atomic mass is 10.2. The van der Waals surface area contributed by atoms with Crippen molar-refractivity contribution in [2.45, 2.75) is 6.18 Å². The van der Waals surface area contributed by atoms with Gasteiger partial charge in [0.25, 0.3) is 5.91 Å². The van der Waals surface area contributed by atoms with Gasteiger partial charge in [0, 0.05) is 5.69 Å². The van der Waals surface area contributed by atoms with Gasteiger partial charge in [-0.3, -0.25) is 4.79 Å². The van der Waals surface area contributed by atoms with E-state index >= 15 is 0 Å². The molecule has 0 radical (unpaired) electrons. The number of carbonyl (C=O) groups is 2. The second-order valence-corrected chi connectivity index (χ2v) is 6.54. The number of rotatable bonds is 4. The standard InChI is InChI=1S/C14H8Cl2F3NO3S/c15-9-2-1-7(5-8(9)14(17,18)19)20-12(21)6-23-13(22)10-3-4-11(16)24-10/h1-5H,6H2,(H,20,21). The molecule has 1 aromatic heterocycles. The van der Waals surface area contributed by atoms with Gasteiger partial charge in [0.15, 0.2) is 6.61 Å². The monoisotopic (exact) mass is 397 g/mol. The van der Waals surface area contributed by atoms with Gasteiger partial charge in [-0.15, -0.1) is 11.3 Å². The van der Waals surface area contributed by atoms with Crippen molar-refractivity contribution in [1.29, 1.82) is 0 Å². The molecule has 0 unspecified atom stereocenters. The maximum absolute atomic E-state index is 12.7. The number of hydrogen-bond donors (Lipinski definition) is 1. The highest BCUT2D eigenvalue weighted by atomic mass is 35.5. The second-order valence-electron chi connectivity index (χ2n) is 4.42. The molecule has 10 heteroatoms. The van der Waals surface area contributed by atoms with Crippen molar-refractivity contribution >= 4 is 52.1 Å². The number of alkyl halides is 3. The fourth-order valence-electron chi connectivity index (χ4n) is 1.64. The zero-order valence-electron chi connectivity index (χ0n) is 11.6. The van der Waals surface area contributed by atoms with Crippen LogP contribution in [0, 0.1) is 0 Å². The minimum Gasteiger partial charge on any atom is -0.451 e. The molecule has 1 aromatic carbocycles. The van der Waals surface area contributed by atoms with Crippen LogP contribution in [0.1, 0.15) is 15.2 Å². The Morgan fingerprint density at radius 3 is 2.46 bits per heavy atom. The molecule has 4 nitrogen and oxygen atoms in total. The molecular formula is C14H8Cl2F3NO3S. The average molecular weight is 398 g/mol. The summed E-state index contributed by atoms with van der Waals surface area (Å²) in [6.07, 6.45) is -4.65. The van der Waals surface area contributed by atoms with Gasteiger partial charge in [0.05, 0.1) is 14.9 Å². The predicted molar refractivity (Wildman–Crippen MR) is 84.7 cm³/mol. The van der Waals surface area contributed by atoms with Gasteiger partial charge >= 0.3 is 12.1 Å². The van der Waals surface area contributed by atoms with Crippen LogP contribution in [0.3, 0.4) is 0 Å². The van der Waals surface area contributed by atoms with E-state index in [1.807, 2.05) is 0 Å². The first-order valence-corrected chi connectivity index (χ1v) is 7.83. The van der Waals surface area contributed by atoms with E-state index in [0.29, 0.717) is 10.4 Å². The summed E-state index contributed by atoms with van der Waals surface area (Å²) in [5.74, 6) is -1.55. The van der Waals surface area contributed by atoms with Crippen LogP contribution >= 0.6 is 34.5 Å². The zero-order valence-corrected chi connectivity index (χ0v) is 13.9. The number of anilines is 1. The summed E-state index contributed by atoms with van der Waals surface area (Å²) in [6, 6.07) is 5.84. The molecular weight excluding hydrogens is 390 g/mol. The van der Waals surface area contributed by atoms with Crippen molar-refractivity contribution < 1.29 is 27.5 Å². The topological polar surface area (TPSA) is 55.4 Å². The first-order chi connectivity index (χ1) is 11.2. The molecule has 0 aliphatic heterocycles. The number of halogens is 5. The van der Waals surface area contributed by atoms with Crippen LogP contribution in [-0.4, -0.2) is 18.5 Å². The molecule has 1 heterocycles. The highest BCUT2D eigenvalue weighted by Gasteiger charge is 2.33. The Balaban J connectivity index is 1.96. The molecule has 0 saturated carbocycles. The number of hydrogen-bond acceptors (Lipinski definition) is 4. The quantitative estimate of drug-likeness (QED) is 0.748. The van der Waals surface area contributed by atoms with Gasteiger partial charge in [-0.1, -0.05) is 23.2 Å². The Morgan fingerprint density at radius 1 is 1.17 bits per heavy atom. The molecule has 1 amide bonds. The highest BCUT2D eigenvalue weighted by molar-refractivity contribution is 7.17. The molecule has 0 spiro atoms. The van der Waals surface area contributed by atoms with Crippen molar-refractivity contribution in [2.75, 3.05) is 11.9 Å². The van der Waals surface area contributed by atoms with Gasteiger partial charge in [0.2, 0.25) is 0 Å². The molecule has 128 valence electrons. The van der Waals surface area contributed by atoms with Crippen molar-refractivity contribution in [3.05, 3.63) is 50.1 Å².